The second-order valence-electron chi connectivity index (χ2n) is 4.41. The summed E-state index contributed by atoms with van der Waals surface area (Å²) in [7, 11) is 1.75. The highest BCUT2D eigenvalue weighted by atomic mass is 19.1. The minimum absolute atomic E-state index is 0.0423. The minimum atomic E-state index is -0.259. The highest BCUT2D eigenvalue weighted by molar-refractivity contribution is 5.76. The summed E-state index contributed by atoms with van der Waals surface area (Å²) in [6.45, 7) is 0.468. The Morgan fingerprint density at radius 2 is 2.11 bits per heavy atom. The van der Waals surface area contributed by atoms with E-state index in [1.54, 1.807) is 36.5 Å². The summed E-state index contributed by atoms with van der Waals surface area (Å²) >= 11 is 0. The molecule has 0 saturated carbocycles. The fourth-order valence-corrected chi connectivity index (χ4v) is 1.79. The van der Waals surface area contributed by atoms with E-state index in [-0.39, 0.29) is 11.7 Å². The number of halogens is 1. The van der Waals surface area contributed by atoms with E-state index in [0.717, 1.165) is 11.4 Å². The summed E-state index contributed by atoms with van der Waals surface area (Å²) < 4.78 is 12.7. The number of hydrogen-bond donors (Lipinski definition) is 1. The van der Waals surface area contributed by atoms with Crippen LogP contribution in [0, 0.1) is 5.82 Å². The summed E-state index contributed by atoms with van der Waals surface area (Å²) in [6.07, 6.45) is 4.41. The Hall–Kier alpha value is -2.17. The van der Waals surface area contributed by atoms with Crippen LogP contribution in [0.4, 0.5) is 4.39 Å². The molecule has 0 aliphatic heterocycles. The number of benzene rings is 1. The van der Waals surface area contributed by atoms with E-state index in [2.05, 4.69) is 9.97 Å². The molecule has 100 valence electrons. The van der Waals surface area contributed by atoms with Crippen molar-refractivity contribution in [2.45, 2.75) is 19.4 Å². The van der Waals surface area contributed by atoms with Gasteiger partial charge in [0.2, 0.25) is 5.91 Å². The Morgan fingerprint density at radius 1 is 1.37 bits per heavy atom. The van der Waals surface area contributed by atoms with Gasteiger partial charge in [0.05, 0.1) is 6.54 Å². The van der Waals surface area contributed by atoms with E-state index >= 15 is 0 Å². The van der Waals surface area contributed by atoms with E-state index in [1.165, 1.54) is 12.1 Å². The molecule has 5 heteroatoms. The zero-order chi connectivity index (χ0) is 13.7. The molecular weight excluding hydrogens is 245 g/mol. The average Bonchev–Trinajstić information content (AvgIpc) is 2.90. The number of H-pyrrole nitrogens is 1. The molecule has 0 saturated heterocycles. The summed E-state index contributed by atoms with van der Waals surface area (Å²) in [6, 6.07) is 6.23. The lowest BCUT2D eigenvalue weighted by Gasteiger charge is -2.15. The van der Waals surface area contributed by atoms with Crippen molar-refractivity contribution in [1.82, 2.24) is 14.9 Å². The van der Waals surface area contributed by atoms with Crippen LogP contribution in [0.3, 0.4) is 0 Å². The van der Waals surface area contributed by atoms with Gasteiger partial charge in [-0.05, 0) is 24.1 Å². The fraction of sp³-hybridized carbons (Fsp3) is 0.286. The number of amides is 1. The smallest absolute Gasteiger partial charge is 0.223 e. The summed E-state index contributed by atoms with van der Waals surface area (Å²) in [5.74, 6) is 0.545. The molecule has 0 unspecified atom stereocenters. The number of hydrogen-bond acceptors (Lipinski definition) is 2. The Balaban J connectivity index is 1.82. The lowest BCUT2D eigenvalue weighted by Crippen LogP contribution is -2.26. The molecule has 0 aliphatic carbocycles. The van der Waals surface area contributed by atoms with Crippen molar-refractivity contribution >= 4 is 5.91 Å². The van der Waals surface area contributed by atoms with Gasteiger partial charge in [0.15, 0.2) is 0 Å². The highest BCUT2D eigenvalue weighted by Crippen LogP contribution is 2.07. The maximum Gasteiger partial charge on any atom is 0.223 e. The average molecular weight is 261 g/mol. The first kappa shape index (κ1) is 13.3. The topological polar surface area (TPSA) is 49.0 Å². The van der Waals surface area contributed by atoms with Crippen molar-refractivity contribution in [3.8, 4) is 0 Å². The van der Waals surface area contributed by atoms with Gasteiger partial charge in [-0.1, -0.05) is 12.1 Å². The Kier molecular flexibility index (Phi) is 4.28. The van der Waals surface area contributed by atoms with Crippen LogP contribution in [-0.4, -0.2) is 27.8 Å². The maximum absolute atomic E-state index is 12.7. The SMILES string of the molecule is CN(Cc1ncc[nH]1)C(=O)CCc1ccc(F)cc1. The van der Waals surface area contributed by atoms with Crippen molar-refractivity contribution < 1.29 is 9.18 Å². The molecular formula is C14H16FN3O. The molecule has 1 aromatic carbocycles. The molecule has 19 heavy (non-hydrogen) atoms. The van der Waals surface area contributed by atoms with Gasteiger partial charge in [0.1, 0.15) is 11.6 Å². The molecule has 0 fully saturated rings. The minimum Gasteiger partial charge on any atom is -0.347 e. The number of rotatable bonds is 5. The number of imidazole rings is 1. The molecule has 4 nitrogen and oxygen atoms in total. The molecule has 0 atom stereocenters. The van der Waals surface area contributed by atoms with Crippen LogP contribution in [0.2, 0.25) is 0 Å². The summed E-state index contributed by atoms with van der Waals surface area (Å²) in [5.41, 5.74) is 0.959. The standard InChI is InChI=1S/C14H16FN3O/c1-18(10-13-16-8-9-17-13)14(19)7-4-11-2-5-12(15)6-3-11/h2-3,5-6,8-9H,4,7,10H2,1H3,(H,16,17). The van der Waals surface area contributed by atoms with Crippen LogP contribution in [0.15, 0.2) is 36.7 Å². The fourth-order valence-electron chi connectivity index (χ4n) is 1.79. The van der Waals surface area contributed by atoms with Gasteiger partial charge in [-0.2, -0.15) is 0 Å². The van der Waals surface area contributed by atoms with Gasteiger partial charge in [-0.3, -0.25) is 4.79 Å². The number of aromatic nitrogens is 2. The van der Waals surface area contributed by atoms with Gasteiger partial charge in [0.25, 0.3) is 0 Å². The normalized spacial score (nSPS) is 10.4. The molecule has 1 N–H and O–H groups in total. The van der Waals surface area contributed by atoms with Gasteiger partial charge >= 0.3 is 0 Å². The van der Waals surface area contributed by atoms with Crippen molar-refractivity contribution in [1.29, 1.82) is 0 Å². The second-order valence-corrected chi connectivity index (χ2v) is 4.41. The lowest BCUT2D eigenvalue weighted by molar-refractivity contribution is -0.130. The molecule has 1 heterocycles. The largest absolute Gasteiger partial charge is 0.347 e. The molecule has 0 bridgehead atoms. The third kappa shape index (κ3) is 3.91. The van der Waals surface area contributed by atoms with Crippen LogP contribution in [0.5, 0.6) is 0 Å². The zero-order valence-corrected chi connectivity index (χ0v) is 10.8. The van der Waals surface area contributed by atoms with Crippen molar-refractivity contribution in [2.75, 3.05) is 7.05 Å². The van der Waals surface area contributed by atoms with E-state index in [1.807, 2.05) is 0 Å². The first-order valence-electron chi connectivity index (χ1n) is 6.12. The molecule has 1 amide bonds. The van der Waals surface area contributed by atoms with E-state index in [4.69, 9.17) is 0 Å². The monoisotopic (exact) mass is 261 g/mol. The van der Waals surface area contributed by atoms with Crippen LogP contribution in [-0.2, 0) is 17.8 Å². The van der Waals surface area contributed by atoms with Crippen LogP contribution >= 0.6 is 0 Å². The second kappa shape index (κ2) is 6.13. The van der Waals surface area contributed by atoms with Gasteiger partial charge in [0, 0.05) is 25.9 Å². The van der Waals surface area contributed by atoms with Crippen molar-refractivity contribution in [3.05, 3.63) is 53.9 Å². The van der Waals surface area contributed by atoms with Crippen molar-refractivity contribution in [2.24, 2.45) is 0 Å². The number of carbonyl (C=O) groups is 1. The number of nitrogens with zero attached hydrogens (tertiary/aromatic N) is 2. The van der Waals surface area contributed by atoms with Crippen molar-refractivity contribution in [3.63, 3.8) is 0 Å². The molecule has 0 aliphatic rings. The third-order valence-corrected chi connectivity index (χ3v) is 2.91. The predicted molar refractivity (Wildman–Crippen MR) is 69.8 cm³/mol. The van der Waals surface area contributed by atoms with Crippen LogP contribution < -0.4 is 0 Å². The van der Waals surface area contributed by atoms with Gasteiger partial charge < -0.3 is 9.88 Å². The Morgan fingerprint density at radius 3 is 2.74 bits per heavy atom. The Bertz CT molecular complexity index is 522. The molecule has 2 rings (SSSR count). The predicted octanol–water partition coefficient (Wildman–Crippen LogP) is 2.14. The lowest BCUT2D eigenvalue weighted by atomic mass is 10.1. The number of carbonyl (C=O) groups excluding carboxylic acids is 1. The zero-order valence-electron chi connectivity index (χ0n) is 10.8. The first-order chi connectivity index (χ1) is 9.15. The van der Waals surface area contributed by atoms with Crippen LogP contribution in [0.1, 0.15) is 17.8 Å². The molecule has 0 spiro atoms. The number of aromatic amines is 1. The van der Waals surface area contributed by atoms with E-state index in [9.17, 15) is 9.18 Å². The Labute approximate surface area is 111 Å². The maximum atomic E-state index is 12.7. The van der Waals surface area contributed by atoms with E-state index in [0.29, 0.717) is 19.4 Å². The van der Waals surface area contributed by atoms with E-state index < -0.39 is 0 Å². The summed E-state index contributed by atoms with van der Waals surface area (Å²) in [5, 5.41) is 0. The molecule has 0 radical (unpaired) electrons. The summed E-state index contributed by atoms with van der Waals surface area (Å²) in [4.78, 5) is 20.6. The molecule has 2 aromatic rings. The first-order valence-corrected chi connectivity index (χ1v) is 6.12. The van der Waals surface area contributed by atoms with Gasteiger partial charge in [-0.15, -0.1) is 0 Å². The quantitative estimate of drug-likeness (QED) is 0.896. The highest BCUT2D eigenvalue weighted by Gasteiger charge is 2.10. The third-order valence-electron chi connectivity index (χ3n) is 2.91. The van der Waals surface area contributed by atoms with Gasteiger partial charge in [-0.25, -0.2) is 9.37 Å². The van der Waals surface area contributed by atoms with Crippen LogP contribution in [0.25, 0.3) is 0 Å². The number of aryl methyl sites for hydroxylation is 1. The molecule has 1 aromatic heterocycles. The number of nitrogens with one attached hydrogen (secondary N) is 1.